The van der Waals surface area contributed by atoms with Crippen LogP contribution in [-0.2, 0) is 13.9 Å². The molecule has 5 N–H and O–H groups in total. The van der Waals surface area contributed by atoms with E-state index in [4.69, 9.17) is 12.2 Å². The molecule has 0 aromatic heterocycles. The highest BCUT2D eigenvalue weighted by Crippen LogP contribution is 2.24. The Balaban J connectivity index is 2.35. The number of hydrogen-bond acceptors (Lipinski definition) is 4. The lowest BCUT2D eigenvalue weighted by atomic mass is 10.1. The van der Waals surface area contributed by atoms with Gasteiger partial charge in [0.05, 0.1) is 0 Å². The van der Waals surface area contributed by atoms with Gasteiger partial charge in [-0.05, 0) is 71.6 Å². The zero-order chi connectivity index (χ0) is 23.1. The summed E-state index contributed by atoms with van der Waals surface area (Å²) in [6.45, 7) is 5.22. The topological polar surface area (TPSA) is 128 Å². The fraction of sp³-hybridized carbons (Fsp3) is 0.200. The number of rotatable bonds is 7. The van der Waals surface area contributed by atoms with Crippen molar-refractivity contribution in [2.45, 2.75) is 26.8 Å². The fourth-order valence-electron chi connectivity index (χ4n) is 2.67. The zero-order valence-corrected chi connectivity index (χ0v) is 19.7. The van der Waals surface area contributed by atoms with Crippen LogP contribution in [0.2, 0.25) is 0 Å². The van der Waals surface area contributed by atoms with Crippen molar-refractivity contribution in [3.8, 4) is 0 Å². The number of hydrogen-bond donors (Lipinski definition) is 5. The van der Waals surface area contributed by atoms with Crippen LogP contribution in [-0.4, -0.2) is 26.8 Å². The second-order valence-electron chi connectivity index (χ2n) is 6.86. The summed E-state index contributed by atoms with van der Waals surface area (Å²) in [6.07, 6.45) is 3.16. The first-order valence-corrected chi connectivity index (χ1v) is 12.0. The van der Waals surface area contributed by atoms with Gasteiger partial charge in [-0.25, -0.2) is 0 Å². The van der Waals surface area contributed by atoms with E-state index in [-0.39, 0.29) is 22.6 Å². The Bertz CT molecular complexity index is 1070. The highest BCUT2D eigenvalue weighted by Gasteiger charge is 2.23. The largest absolute Gasteiger partial charge is 0.546 e. The minimum Gasteiger partial charge on any atom is -0.360 e. The molecule has 0 fully saturated rings. The van der Waals surface area contributed by atoms with Crippen molar-refractivity contribution in [2.75, 3.05) is 10.6 Å². The summed E-state index contributed by atoms with van der Waals surface area (Å²) in [6, 6.07) is 9.64. The monoisotopic (exact) mass is 479 g/mol. The third-order valence-corrected chi connectivity index (χ3v) is 5.73. The molecule has 0 saturated carbocycles. The van der Waals surface area contributed by atoms with E-state index < -0.39 is 16.1 Å². The number of thiocarbonyl (C=S) groups is 1. The van der Waals surface area contributed by atoms with Crippen molar-refractivity contribution in [2.24, 2.45) is 0 Å². The Morgan fingerprint density at radius 3 is 1.77 bits per heavy atom. The van der Waals surface area contributed by atoms with Crippen molar-refractivity contribution in [1.29, 1.82) is 0 Å². The summed E-state index contributed by atoms with van der Waals surface area (Å²) in [7, 11) is -5.32. The molecule has 2 unspecified atom stereocenters. The molecule has 11 heteroatoms. The number of carbonyl (C=O) groups is 1. The second-order valence-corrected chi connectivity index (χ2v) is 9.32. The minimum absolute atomic E-state index is 0.135. The standard InChI is InChI=1S/C20H21N3O5P2S/c1-12(2)21-20(31)23-17-9-7-15(19(11-17)30(27)28)5-4-14-6-8-16(22-13(3)24)10-18(14)29(25)26/h4-12H,1-3H3,(H3-2,21,22,23,24,25,26,27,28,31)/p+2. The maximum absolute atomic E-state index is 11.9. The van der Waals surface area contributed by atoms with Gasteiger partial charge >= 0.3 is 16.1 Å². The molecule has 162 valence electrons. The highest BCUT2D eigenvalue weighted by atomic mass is 32.1. The van der Waals surface area contributed by atoms with Gasteiger partial charge in [0, 0.05) is 47.6 Å². The minimum atomic E-state index is -2.67. The van der Waals surface area contributed by atoms with Gasteiger partial charge in [0.2, 0.25) is 16.5 Å². The number of amides is 1. The van der Waals surface area contributed by atoms with E-state index in [9.17, 15) is 23.7 Å². The summed E-state index contributed by atoms with van der Waals surface area (Å²) >= 11 is 5.20. The van der Waals surface area contributed by atoms with Crippen molar-refractivity contribution < 1.29 is 23.7 Å². The maximum Gasteiger partial charge on any atom is 0.546 e. The average Bonchev–Trinajstić information content (AvgIpc) is 2.66. The van der Waals surface area contributed by atoms with Crippen LogP contribution < -0.4 is 26.6 Å². The van der Waals surface area contributed by atoms with Crippen LogP contribution in [0.1, 0.15) is 31.9 Å². The van der Waals surface area contributed by atoms with Gasteiger partial charge < -0.3 is 16.0 Å². The van der Waals surface area contributed by atoms with Crippen LogP contribution in [0.5, 0.6) is 0 Å². The molecule has 0 aliphatic heterocycles. The second kappa shape index (κ2) is 11.2. The predicted molar refractivity (Wildman–Crippen MR) is 130 cm³/mol. The van der Waals surface area contributed by atoms with Gasteiger partial charge in [-0.15, -0.1) is 0 Å². The Morgan fingerprint density at radius 1 is 0.935 bits per heavy atom. The normalized spacial score (nSPS) is 11.9. The van der Waals surface area contributed by atoms with Gasteiger partial charge in [-0.1, -0.05) is 0 Å². The first kappa shape index (κ1) is 24.7. The molecule has 1 amide bonds. The SMILES string of the molecule is CC(=O)Nc1ccc(/C=C/c2ccc(NC(=S)NC(C)C)cc2[P+](=O)O)c([P+](=O)O)c1. The third-order valence-electron chi connectivity index (χ3n) is 3.91. The molecule has 2 atom stereocenters. The van der Waals surface area contributed by atoms with Crippen LogP contribution in [0.15, 0.2) is 36.4 Å². The smallest absolute Gasteiger partial charge is 0.360 e. The number of nitrogens with one attached hydrogen (secondary N) is 3. The third kappa shape index (κ3) is 7.58. The van der Waals surface area contributed by atoms with Crippen molar-refractivity contribution in [1.82, 2.24) is 5.32 Å². The molecule has 0 saturated heterocycles. The molecule has 2 aromatic carbocycles. The van der Waals surface area contributed by atoms with Crippen LogP contribution >= 0.6 is 28.3 Å². The van der Waals surface area contributed by atoms with Crippen molar-refractivity contribution >= 4 is 73.4 Å². The van der Waals surface area contributed by atoms with E-state index in [0.29, 0.717) is 27.6 Å². The number of benzene rings is 2. The van der Waals surface area contributed by atoms with E-state index in [2.05, 4.69) is 16.0 Å². The number of carbonyl (C=O) groups excluding carboxylic acids is 1. The van der Waals surface area contributed by atoms with Gasteiger partial charge in [-0.3, -0.25) is 4.79 Å². The van der Waals surface area contributed by atoms with E-state index >= 15 is 0 Å². The summed E-state index contributed by atoms with van der Waals surface area (Å²) < 4.78 is 23.6. The fourth-order valence-corrected chi connectivity index (χ4v) is 4.26. The molecule has 0 aliphatic carbocycles. The van der Waals surface area contributed by atoms with Crippen LogP contribution in [0.25, 0.3) is 12.2 Å². The quantitative estimate of drug-likeness (QED) is 0.233. The predicted octanol–water partition coefficient (Wildman–Crippen LogP) is 3.23. The Hall–Kier alpha value is -2.54. The zero-order valence-electron chi connectivity index (χ0n) is 17.1. The Labute approximate surface area is 187 Å². The number of anilines is 2. The lowest BCUT2D eigenvalue weighted by molar-refractivity contribution is -0.114. The van der Waals surface area contributed by atoms with Gasteiger partial charge in [0.1, 0.15) is 0 Å². The summed E-state index contributed by atoms with van der Waals surface area (Å²) in [5.41, 5.74) is 1.88. The summed E-state index contributed by atoms with van der Waals surface area (Å²) in [5.74, 6) is -0.296. The van der Waals surface area contributed by atoms with Crippen LogP contribution in [0, 0.1) is 0 Å². The molecular formula is C20H23N3O5P2S+2. The van der Waals surface area contributed by atoms with Gasteiger partial charge in [0.25, 0.3) is 0 Å². The van der Waals surface area contributed by atoms with E-state index in [1.165, 1.54) is 19.1 Å². The molecule has 2 rings (SSSR count). The van der Waals surface area contributed by atoms with Crippen molar-refractivity contribution in [3.63, 3.8) is 0 Å². The molecule has 0 radical (unpaired) electrons. The molecule has 0 aliphatic rings. The first-order chi connectivity index (χ1) is 14.6. The maximum atomic E-state index is 11.9. The summed E-state index contributed by atoms with van der Waals surface area (Å²) in [5, 5.41) is 9.27. The van der Waals surface area contributed by atoms with Crippen LogP contribution in [0.3, 0.4) is 0 Å². The molecule has 0 heterocycles. The van der Waals surface area contributed by atoms with E-state index in [1.54, 1.807) is 36.4 Å². The lowest BCUT2D eigenvalue weighted by Gasteiger charge is -2.13. The van der Waals surface area contributed by atoms with Crippen molar-refractivity contribution in [3.05, 3.63) is 47.5 Å². The first-order valence-electron chi connectivity index (χ1n) is 9.20. The molecule has 31 heavy (non-hydrogen) atoms. The van der Waals surface area contributed by atoms with E-state index in [0.717, 1.165) is 0 Å². The van der Waals surface area contributed by atoms with Crippen LogP contribution in [0.4, 0.5) is 11.4 Å². The van der Waals surface area contributed by atoms with Gasteiger partial charge in [-0.2, -0.15) is 9.79 Å². The molecule has 0 spiro atoms. The van der Waals surface area contributed by atoms with E-state index in [1.807, 2.05) is 13.8 Å². The van der Waals surface area contributed by atoms with Gasteiger partial charge in [0.15, 0.2) is 5.11 Å². The lowest BCUT2D eigenvalue weighted by Crippen LogP contribution is -2.34. The average molecular weight is 479 g/mol. The molecule has 2 aromatic rings. The molecule has 8 nitrogen and oxygen atoms in total. The Morgan fingerprint density at radius 2 is 1.39 bits per heavy atom. The molecular weight excluding hydrogens is 456 g/mol. The Kier molecular flexibility index (Phi) is 8.92. The molecule has 0 bridgehead atoms. The summed E-state index contributed by atoms with van der Waals surface area (Å²) in [4.78, 5) is 30.6. The highest BCUT2D eigenvalue weighted by molar-refractivity contribution is 7.80.